The fourth-order valence-corrected chi connectivity index (χ4v) is 4.56. The van der Waals surface area contributed by atoms with Gasteiger partial charge in [-0.15, -0.1) is 0 Å². The number of fused-ring (bicyclic) bond motifs is 1. The number of benzene rings is 2. The minimum Gasteiger partial charge on any atom is -0.508 e. The molecule has 0 unspecified atom stereocenters. The second-order valence-corrected chi connectivity index (χ2v) is 9.08. The number of phenols is 1. The molecule has 34 heavy (non-hydrogen) atoms. The second kappa shape index (κ2) is 8.96. The third-order valence-corrected chi connectivity index (χ3v) is 6.51. The van der Waals surface area contributed by atoms with Crippen LogP contribution in [0.2, 0.25) is 0 Å². The van der Waals surface area contributed by atoms with Crippen LogP contribution in [-0.4, -0.2) is 46.0 Å². The first-order chi connectivity index (χ1) is 16.5. The highest BCUT2D eigenvalue weighted by atomic mass is 32.2. The summed E-state index contributed by atoms with van der Waals surface area (Å²) in [5.74, 6) is 0.838. The number of sulfonamides is 1. The molecule has 5 aromatic rings. The van der Waals surface area contributed by atoms with Gasteiger partial charge in [0, 0.05) is 31.0 Å². The Bertz CT molecular complexity index is 1550. The molecule has 3 heterocycles. The predicted molar refractivity (Wildman–Crippen MR) is 126 cm³/mol. The fourth-order valence-electron chi connectivity index (χ4n) is 3.50. The zero-order valence-electron chi connectivity index (χ0n) is 17.8. The summed E-state index contributed by atoms with van der Waals surface area (Å²) in [6, 6.07) is 16.7. The van der Waals surface area contributed by atoms with E-state index >= 15 is 0 Å². The van der Waals surface area contributed by atoms with Gasteiger partial charge in [0.15, 0.2) is 0 Å². The number of imidazole rings is 1. The van der Waals surface area contributed by atoms with Crippen molar-refractivity contribution < 1.29 is 17.9 Å². The molecule has 0 aliphatic heterocycles. The average Bonchev–Trinajstić information content (AvgIpc) is 3.44. The largest absolute Gasteiger partial charge is 0.508 e. The summed E-state index contributed by atoms with van der Waals surface area (Å²) in [5.41, 5.74) is 2.55. The minimum absolute atomic E-state index is 0.121. The molecule has 5 rings (SSSR count). The smallest absolute Gasteiger partial charge is 0.306 e. The van der Waals surface area contributed by atoms with Crippen LogP contribution in [0.5, 0.6) is 5.75 Å². The topological polar surface area (TPSA) is 135 Å². The third kappa shape index (κ3) is 4.34. The highest BCUT2D eigenvalue weighted by Crippen LogP contribution is 2.33. The van der Waals surface area contributed by atoms with Gasteiger partial charge in [-0.3, -0.25) is 4.40 Å². The van der Waals surface area contributed by atoms with E-state index in [2.05, 4.69) is 25.0 Å². The molecular formula is C23H20N6O4S. The third-order valence-electron chi connectivity index (χ3n) is 5.03. The molecule has 0 radical (unpaired) electrons. The first kappa shape index (κ1) is 21.6. The van der Waals surface area contributed by atoms with Gasteiger partial charge in [-0.2, -0.15) is 4.98 Å². The number of phenolic OH excluding ortho intramolecular Hbond substituents is 1. The molecule has 0 aliphatic rings. The molecule has 3 aromatic heterocycles. The first-order valence-corrected chi connectivity index (χ1v) is 11.9. The summed E-state index contributed by atoms with van der Waals surface area (Å²) >= 11 is 0. The molecule has 3 N–H and O–H groups in total. The van der Waals surface area contributed by atoms with Crippen LogP contribution in [0.3, 0.4) is 0 Å². The van der Waals surface area contributed by atoms with E-state index in [4.69, 9.17) is 4.42 Å². The van der Waals surface area contributed by atoms with E-state index in [1.165, 1.54) is 18.4 Å². The molecule has 0 saturated carbocycles. The molecule has 0 saturated heterocycles. The number of aromatic nitrogens is 4. The Hall–Kier alpha value is -4.22. The zero-order valence-corrected chi connectivity index (χ0v) is 18.6. The van der Waals surface area contributed by atoms with E-state index < -0.39 is 10.0 Å². The van der Waals surface area contributed by atoms with Gasteiger partial charge < -0.3 is 14.8 Å². The number of oxazole rings is 1. The summed E-state index contributed by atoms with van der Waals surface area (Å²) in [6.45, 7) is 0.431. The number of aromatic hydroxyl groups is 1. The van der Waals surface area contributed by atoms with Crippen LogP contribution < -0.4 is 10.0 Å². The van der Waals surface area contributed by atoms with Gasteiger partial charge in [0.2, 0.25) is 16.0 Å². The Kier molecular flexibility index (Phi) is 5.70. The highest BCUT2D eigenvalue weighted by molar-refractivity contribution is 7.89. The zero-order chi connectivity index (χ0) is 23.5. The van der Waals surface area contributed by atoms with Gasteiger partial charge >= 0.3 is 5.84 Å². The van der Waals surface area contributed by atoms with Crippen molar-refractivity contribution in [1.82, 2.24) is 24.1 Å². The van der Waals surface area contributed by atoms with Crippen LogP contribution in [0, 0.1) is 0 Å². The second-order valence-electron chi connectivity index (χ2n) is 7.32. The van der Waals surface area contributed by atoms with E-state index in [0.717, 1.165) is 0 Å². The Labute approximate surface area is 195 Å². The maximum atomic E-state index is 12.3. The van der Waals surface area contributed by atoms with Crippen LogP contribution >= 0.6 is 0 Å². The first-order valence-electron chi connectivity index (χ1n) is 10.4. The van der Waals surface area contributed by atoms with Crippen molar-refractivity contribution in [3.8, 4) is 28.4 Å². The van der Waals surface area contributed by atoms with Crippen molar-refractivity contribution in [2.24, 2.45) is 0 Å². The molecular weight excluding hydrogens is 456 g/mol. The molecule has 0 aliphatic carbocycles. The maximum absolute atomic E-state index is 12.3. The van der Waals surface area contributed by atoms with E-state index in [1.54, 1.807) is 59.3 Å². The lowest BCUT2D eigenvalue weighted by Crippen LogP contribution is -2.29. The fraction of sp³-hybridized carbons (Fsp3) is 0.0870. The summed E-state index contributed by atoms with van der Waals surface area (Å²) in [6.07, 6.45) is 4.86. The van der Waals surface area contributed by atoms with Crippen molar-refractivity contribution in [1.29, 1.82) is 0 Å². The lowest BCUT2D eigenvalue weighted by atomic mass is 10.1. The van der Waals surface area contributed by atoms with E-state index in [0.29, 0.717) is 34.4 Å². The summed E-state index contributed by atoms with van der Waals surface area (Å²) < 4.78 is 34.5. The van der Waals surface area contributed by atoms with E-state index in [9.17, 15) is 13.5 Å². The Morgan fingerprint density at radius 2 is 1.85 bits per heavy atom. The van der Waals surface area contributed by atoms with Crippen molar-refractivity contribution in [3.05, 3.63) is 79.3 Å². The Morgan fingerprint density at radius 1 is 1.00 bits per heavy atom. The highest BCUT2D eigenvalue weighted by Gasteiger charge is 2.20. The number of nitrogens with one attached hydrogen (secondary N) is 2. The number of nitrogens with zero attached hydrogens (tertiary/aromatic N) is 4. The van der Waals surface area contributed by atoms with Crippen LogP contribution in [0.25, 0.3) is 28.5 Å². The Balaban J connectivity index is 1.36. The number of hydrogen-bond donors (Lipinski definition) is 3. The van der Waals surface area contributed by atoms with E-state index in [1.807, 2.05) is 6.07 Å². The number of hydrogen-bond acceptors (Lipinski definition) is 8. The SMILES string of the molecule is O=S(=O)(NCCNc1nccc(-c2c(-c3cccc(O)c3)nc3occn23)n1)c1ccccc1. The van der Waals surface area contributed by atoms with Crippen LogP contribution in [0.15, 0.2) is 88.6 Å². The molecule has 0 atom stereocenters. The molecule has 172 valence electrons. The van der Waals surface area contributed by atoms with Crippen molar-refractivity contribution in [3.63, 3.8) is 0 Å². The van der Waals surface area contributed by atoms with Gasteiger partial charge in [-0.1, -0.05) is 30.3 Å². The Morgan fingerprint density at radius 3 is 2.68 bits per heavy atom. The maximum Gasteiger partial charge on any atom is 0.306 e. The van der Waals surface area contributed by atoms with Crippen molar-refractivity contribution >= 4 is 21.8 Å². The standard InChI is InChI=1S/C23H20N6O4S/c30-17-6-4-5-16(15-17)20-21(29-13-14-33-23(29)28-20)19-9-10-24-22(27-19)25-11-12-26-34(31,32)18-7-2-1-3-8-18/h1-10,13-15,26,30H,11-12H2,(H,24,25,27). The van der Waals surface area contributed by atoms with Gasteiger partial charge in [-0.05, 0) is 30.3 Å². The normalized spacial score (nSPS) is 11.6. The monoisotopic (exact) mass is 476 g/mol. The van der Waals surface area contributed by atoms with Gasteiger partial charge in [-0.25, -0.2) is 23.1 Å². The summed E-state index contributed by atoms with van der Waals surface area (Å²) in [7, 11) is -3.59. The van der Waals surface area contributed by atoms with Crippen molar-refractivity contribution in [2.45, 2.75) is 4.90 Å². The molecule has 0 spiro atoms. The average molecular weight is 477 g/mol. The number of anilines is 1. The van der Waals surface area contributed by atoms with Crippen LogP contribution in [-0.2, 0) is 10.0 Å². The van der Waals surface area contributed by atoms with Crippen LogP contribution in [0.4, 0.5) is 5.95 Å². The molecule has 0 amide bonds. The molecule has 2 aromatic carbocycles. The molecule has 11 heteroatoms. The molecule has 0 bridgehead atoms. The minimum atomic E-state index is -3.59. The summed E-state index contributed by atoms with van der Waals surface area (Å²) in [5, 5.41) is 13.0. The predicted octanol–water partition coefficient (Wildman–Crippen LogP) is 3.15. The lowest BCUT2D eigenvalue weighted by molar-refractivity contribution is 0.475. The van der Waals surface area contributed by atoms with Gasteiger partial charge in [0.1, 0.15) is 23.4 Å². The van der Waals surface area contributed by atoms with Crippen LogP contribution in [0.1, 0.15) is 0 Å². The number of rotatable bonds is 8. The van der Waals surface area contributed by atoms with Crippen molar-refractivity contribution in [2.75, 3.05) is 18.4 Å². The van der Waals surface area contributed by atoms with Gasteiger partial charge in [0.05, 0.1) is 10.6 Å². The summed E-state index contributed by atoms with van der Waals surface area (Å²) in [4.78, 5) is 13.6. The molecule has 0 fully saturated rings. The van der Waals surface area contributed by atoms with E-state index in [-0.39, 0.29) is 23.7 Å². The quantitative estimate of drug-likeness (QED) is 0.291. The molecule has 10 nitrogen and oxygen atoms in total. The van der Waals surface area contributed by atoms with Gasteiger partial charge in [0.25, 0.3) is 0 Å². The lowest BCUT2D eigenvalue weighted by Gasteiger charge is -2.09.